The molecule has 1 rings (SSSR count). The molecular formula is C9H9F3N2O. The summed E-state index contributed by atoms with van der Waals surface area (Å²) in [5, 5.41) is 0. The number of hydrogen-bond donors (Lipinski definition) is 0. The molecule has 0 radical (unpaired) electrons. The van der Waals surface area contributed by atoms with E-state index in [2.05, 4.69) is 4.98 Å². The molecule has 3 nitrogen and oxygen atoms in total. The fourth-order valence-electron chi connectivity index (χ4n) is 1.01. The highest BCUT2D eigenvalue weighted by atomic mass is 19.3. The zero-order chi connectivity index (χ0) is 11.4. The molecule has 0 aromatic carbocycles. The Hall–Kier alpha value is -1.59. The number of carbonyl (C=O) groups is 1. The number of alkyl halides is 2. The van der Waals surface area contributed by atoms with Gasteiger partial charge in [0.05, 0.1) is 12.1 Å². The van der Waals surface area contributed by atoms with Gasteiger partial charge in [-0.1, -0.05) is 0 Å². The van der Waals surface area contributed by atoms with E-state index < -0.39 is 24.8 Å². The predicted molar refractivity (Wildman–Crippen MR) is 47.2 cm³/mol. The molecule has 1 aromatic heterocycles. The van der Waals surface area contributed by atoms with Crippen molar-refractivity contribution in [3.63, 3.8) is 0 Å². The fourth-order valence-corrected chi connectivity index (χ4v) is 1.01. The van der Waals surface area contributed by atoms with Gasteiger partial charge in [0.2, 0.25) is 5.95 Å². The maximum Gasteiger partial charge on any atom is 0.255 e. The van der Waals surface area contributed by atoms with E-state index >= 15 is 0 Å². The van der Waals surface area contributed by atoms with Crippen LogP contribution in [0.3, 0.4) is 0 Å². The molecule has 0 aliphatic rings. The Morgan fingerprint density at radius 3 is 2.67 bits per heavy atom. The van der Waals surface area contributed by atoms with Gasteiger partial charge in [-0.3, -0.25) is 4.79 Å². The number of halogens is 3. The van der Waals surface area contributed by atoms with Crippen LogP contribution in [0.5, 0.6) is 0 Å². The summed E-state index contributed by atoms with van der Waals surface area (Å²) >= 11 is 0. The summed E-state index contributed by atoms with van der Waals surface area (Å²) in [5.74, 6) is -1.33. The van der Waals surface area contributed by atoms with Crippen LogP contribution in [0, 0.1) is 5.95 Å². The van der Waals surface area contributed by atoms with Crippen LogP contribution in [-0.2, 0) is 0 Å². The van der Waals surface area contributed by atoms with Crippen molar-refractivity contribution >= 4 is 5.91 Å². The third kappa shape index (κ3) is 3.23. The Balaban J connectivity index is 2.72. The standard InChI is InChI=1S/C9H9F3N2O/c1-14(5-7(10)11)9(15)6-2-3-8(12)13-4-6/h2-4,7H,5H2,1H3. The lowest BCUT2D eigenvalue weighted by molar-refractivity contribution is 0.0620. The Morgan fingerprint density at radius 2 is 2.20 bits per heavy atom. The second-order valence-electron chi connectivity index (χ2n) is 2.95. The average Bonchev–Trinajstić information content (AvgIpc) is 2.17. The van der Waals surface area contributed by atoms with Crippen molar-refractivity contribution in [1.82, 2.24) is 9.88 Å². The number of amides is 1. The predicted octanol–water partition coefficient (Wildman–Crippen LogP) is 1.56. The van der Waals surface area contributed by atoms with E-state index in [0.717, 1.165) is 17.2 Å². The molecular weight excluding hydrogens is 209 g/mol. The van der Waals surface area contributed by atoms with Gasteiger partial charge in [0.1, 0.15) is 0 Å². The van der Waals surface area contributed by atoms with Gasteiger partial charge in [0, 0.05) is 13.2 Å². The number of aromatic nitrogens is 1. The van der Waals surface area contributed by atoms with E-state index in [9.17, 15) is 18.0 Å². The molecule has 1 amide bonds. The van der Waals surface area contributed by atoms with E-state index in [1.54, 1.807) is 0 Å². The largest absolute Gasteiger partial charge is 0.336 e. The molecule has 0 saturated carbocycles. The van der Waals surface area contributed by atoms with Crippen molar-refractivity contribution < 1.29 is 18.0 Å². The van der Waals surface area contributed by atoms with Crippen LogP contribution in [0.1, 0.15) is 10.4 Å². The van der Waals surface area contributed by atoms with Crippen molar-refractivity contribution in [2.75, 3.05) is 13.6 Å². The van der Waals surface area contributed by atoms with Crippen LogP contribution in [0.2, 0.25) is 0 Å². The maximum atomic E-state index is 12.4. The average molecular weight is 218 g/mol. The number of hydrogen-bond acceptors (Lipinski definition) is 2. The summed E-state index contributed by atoms with van der Waals surface area (Å²) in [6.07, 6.45) is -1.58. The monoisotopic (exact) mass is 218 g/mol. The summed E-state index contributed by atoms with van der Waals surface area (Å²) in [7, 11) is 1.25. The molecule has 0 aliphatic carbocycles. The molecule has 0 unspecified atom stereocenters. The summed E-state index contributed by atoms with van der Waals surface area (Å²) in [5.41, 5.74) is 0.0829. The molecule has 0 aliphatic heterocycles. The molecule has 15 heavy (non-hydrogen) atoms. The summed E-state index contributed by atoms with van der Waals surface area (Å²) in [6.45, 7) is -0.657. The van der Waals surface area contributed by atoms with Gasteiger partial charge in [-0.05, 0) is 12.1 Å². The normalized spacial score (nSPS) is 10.5. The lowest BCUT2D eigenvalue weighted by Gasteiger charge is -2.15. The number of rotatable bonds is 3. The first kappa shape index (κ1) is 11.5. The first-order chi connectivity index (χ1) is 7.00. The Morgan fingerprint density at radius 1 is 1.53 bits per heavy atom. The number of nitrogens with zero attached hydrogens (tertiary/aromatic N) is 2. The van der Waals surface area contributed by atoms with E-state index in [4.69, 9.17) is 0 Å². The third-order valence-electron chi connectivity index (χ3n) is 1.73. The van der Waals surface area contributed by atoms with Crippen LogP contribution >= 0.6 is 0 Å². The topological polar surface area (TPSA) is 33.2 Å². The second kappa shape index (κ2) is 4.77. The minimum atomic E-state index is -2.59. The zero-order valence-corrected chi connectivity index (χ0v) is 7.95. The smallest absolute Gasteiger partial charge is 0.255 e. The van der Waals surface area contributed by atoms with Gasteiger partial charge in [-0.15, -0.1) is 0 Å². The van der Waals surface area contributed by atoms with Crippen molar-refractivity contribution in [3.8, 4) is 0 Å². The van der Waals surface area contributed by atoms with Gasteiger partial charge in [-0.25, -0.2) is 13.8 Å². The third-order valence-corrected chi connectivity index (χ3v) is 1.73. The van der Waals surface area contributed by atoms with Crippen molar-refractivity contribution in [3.05, 3.63) is 29.8 Å². The van der Waals surface area contributed by atoms with Gasteiger partial charge in [0.25, 0.3) is 12.3 Å². The minimum absolute atomic E-state index is 0.0829. The quantitative estimate of drug-likeness (QED) is 0.721. The lowest BCUT2D eigenvalue weighted by atomic mass is 10.2. The van der Waals surface area contributed by atoms with Crippen molar-refractivity contribution in [2.24, 2.45) is 0 Å². The van der Waals surface area contributed by atoms with Crippen LogP contribution < -0.4 is 0 Å². The van der Waals surface area contributed by atoms with Gasteiger partial charge < -0.3 is 4.90 Å². The molecule has 0 spiro atoms. The van der Waals surface area contributed by atoms with E-state index in [0.29, 0.717) is 0 Å². The highest BCUT2D eigenvalue weighted by Gasteiger charge is 2.15. The maximum absolute atomic E-state index is 12.4. The van der Waals surface area contributed by atoms with Gasteiger partial charge in [0.15, 0.2) is 0 Å². The molecule has 0 atom stereocenters. The molecule has 0 bridgehead atoms. The van der Waals surface area contributed by atoms with Crippen LogP contribution in [-0.4, -0.2) is 35.8 Å². The Bertz CT molecular complexity index is 340. The molecule has 6 heteroatoms. The molecule has 1 aromatic rings. The van der Waals surface area contributed by atoms with Crippen molar-refractivity contribution in [2.45, 2.75) is 6.43 Å². The van der Waals surface area contributed by atoms with Crippen LogP contribution in [0.4, 0.5) is 13.2 Å². The summed E-state index contributed by atoms with van der Waals surface area (Å²) in [6, 6.07) is 2.20. The van der Waals surface area contributed by atoms with E-state index in [1.165, 1.54) is 13.1 Å². The first-order valence-electron chi connectivity index (χ1n) is 4.16. The lowest BCUT2D eigenvalue weighted by Crippen LogP contribution is -2.31. The zero-order valence-electron chi connectivity index (χ0n) is 7.95. The van der Waals surface area contributed by atoms with E-state index in [1.807, 2.05) is 0 Å². The second-order valence-corrected chi connectivity index (χ2v) is 2.95. The minimum Gasteiger partial charge on any atom is -0.336 e. The van der Waals surface area contributed by atoms with Crippen LogP contribution in [0.25, 0.3) is 0 Å². The SMILES string of the molecule is CN(CC(F)F)C(=O)c1ccc(F)nc1. The molecule has 1 heterocycles. The number of carbonyl (C=O) groups excluding carboxylic acids is 1. The summed E-state index contributed by atoms with van der Waals surface area (Å²) in [4.78, 5) is 15.5. The van der Waals surface area contributed by atoms with Crippen LogP contribution in [0.15, 0.2) is 18.3 Å². The molecule has 0 fully saturated rings. The molecule has 0 saturated heterocycles. The highest BCUT2D eigenvalue weighted by molar-refractivity contribution is 5.93. The fraction of sp³-hybridized carbons (Fsp3) is 0.333. The Labute approximate surface area is 84.5 Å². The first-order valence-corrected chi connectivity index (χ1v) is 4.16. The van der Waals surface area contributed by atoms with Gasteiger partial charge >= 0.3 is 0 Å². The molecule has 82 valence electrons. The molecule has 0 N–H and O–H groups in total. The number of pyridine rings is 1. The van der Waals surface area contributed by atoms with Crippen molar-refractivity contribution in [1.29, 1.82) is 0 Å². The summed E-state index contributed by atoms with van der Waals surface area (Å²) < 4.78 is 36.3. The van der Waals surface area contributed by atoms with E-state index in [-0.39, 0.29) is 5.56 Å². The van der Waals surface area contributed by atoms with Gasteiger partial charge in [-0.2, -0.15) is 4.39 Å². The Kier molecular flexibility index (Phi) is 3.65. The highest BCUT2D eigenvalue weighted by Crippen LogP contribution is 2.05.